The zero-order chi connectivity index (χ0) is 16.8. The van der Waals surface area contributed by atoms with Gasteiger partial charge in [0, 0.05) is 48.3 Å². The number of anilines is 1. The first-order valence-corrected chi connectivity index (χ1v) is 9.11. The molecule has 0 aromatic heterocycles. The average molecular weight is 335 g/mol. The summed E-state index contributed by atoms with van der Waals surface area (Å²) in [5.41, 5.74) is 2.31. The van der Waals surface area contributed by atoms with E-state index in [1.54, 1.807) is 6.07 Å². The summed E-state index contributed by atoms with van der Waals surface area (Å²) in [4.78, 5) is 26.7. The van der Waals surface area contributed by atoms with Gasteiger partial charge in [-0.2, -0.15) is 11.8 Å². The Morgan fingerprint density at radius 2 is 2.00 bits per heavy atom. The first-order valence-electron chi connectivity index (χ1n) is 7.96. The van der Waals surface area contributed by atoms with Crippen molar-refractivity contribution in [3.8, 4) is 0 Å². The fourth-order valence-corrected chi connectivity index (χ4v) is 3.40. The summed E-state index contributed by atoms with van der Waals surface area (Å²) >= 11 is 1.88. The summed E-state index contributed by atoms with van der Waals surface area (Å²) in [7, 11) is 1.82. The van der Waals surface area contributed by atoms with Crippen molar-refractivity contribution < 1.29 is 9.59 Å². The minimum absolute atomic E-state index is 0.0404. The molecular formula is C17H25N3O2S. The van der Waals surface area contributed by atoms with E-state index < -0.39 is 0 Å². The number of hydrogen-bond acceptors (Lipinski definition) is 4. The van der Waals surface area contributed by atoms with Crippen LogP contribution in [0.2, 0.25) is 0 Å². The zero-order valence-electron chi connectivity index (χ0n) is 14.0. The standard InChI is InChI=1S/C17H25N3O2S/c1-12-4-5-14(17(22)20-6-8-23-9-7-20)10-15(12)19-16(21)13(2)11-18-3/h4-5,10,13,18H,6-9,11H2,1-3H3,(H,19,21). The quantitative estimate of drug-likeness (QED) is 0.864. The Morgan fingerprint density at radius 1 is 1.30 bits per heavy atom. The zero-order valence-corrected chi connectivity index (χ0v) is 14.8. The third-order valence-corrected chi connectivity index (χ3v) is 4.94. The van der Waals surface area contributed by atoms with Crippen molar-refractivity contribution in [2.24, 2.45) is 5.92 Å². The van der Waals surface area contributed by atoms with Crippen LogP contribution in [0.15, 0.2) is 18.2 Å². The number of benzene rings is 1. The minimum atomic E-state index is -0.127. The molecule has 2 amide bonds. The van der Waals surface area contributed by atoms with E-state index in [0.717, 1.165) is 35.8 Å². The van der Waals surface area contributed by atoms with Crippen LogP contribution in [0.3, 0.4) is 0 Å². The molecule has 1 aromatic rings. The van der Waals surface area contributed by atoms with Gasteiger partial charge in [-0.1, -0.05) is 13.0 Å². The number of rotatable bonds is 5. The molecule has 5 nitrogen and oxygen atoms in total. The summed E-state index contributed by atoms with van der Waals surface area (Å²) in [6.07, 6.45) is 0. The van der Waals surface area contributed by atoms with E-state index in [2.05, 4.69) is 10.6 Å². The molecule has 126 valence electrons. The highest BCUT2D eigenvalue weighted by molar-refractivity contribution is 7.99. The molecule has 1 heterocycles. The van der Waals surface area contributed by atoms with Gasteiger partial charge < -0.3 is 15.5 Å². The topological polar surface area (TPSA) is 61.4 Å². The fraction of sp³-hybridized carbons (Fsp3) is 0.529. The van der Waals surface area contributed by atoms with Crippen molar-refractivity contribution in [3.63, 3.8) is 0 Å². The molecule has 0 bridgehead atoms. The second-order valence-electron chi connectivity index (χ2n) is 5.88. The fourth-order valence-electron chi connectivity index (χ4n) is 2.49. The first-order chi connectivity index (χ1) is 11.0. The first kappa shape index (κ1) is 17.8. The van der Waals surface area contributed by atoms with Crippen molar-refractivity contribution in [1.82, 2.24) is 10.2 Å². The van der Waals surface area contributed by atoms with Gasteiger partial charge in [-0.05, 0) is 31.7 Å². The number of nitrogens with zero attached hydrogens (tertiary/aromatic N) is 1. The van der Waals surface area contributed by atoms with Crippen LogP contribution in [-0.4, -0.2) is 54.9 Å². The predicted molar refractivity (Wildman–Crippen MR) is 96.1 cm³/mol. The summed E-state index contributed by atoms with van der Waals surface area (Å²) in [6, 6.07) is 5.53. The van der Waals surface area contributed by atoms with Gasteiger partial charge in [0.15, 0.2) is 0 Å². The minimum Gasteiger partial charge on any atom is -0.337 e. The van der Waals surface area contributed by atoms with Crippen LogP contribution >= 0.6 is 11.8 Å². The predicted octanol–water partition coefficient (Wildman–Crippen LogP) is 1.98. The van der Waals surface area contributed by atoms with Gasteiger partial charge in [-0.15, -0.1) is 0 Å². The molecule has 2 N–H and O–H groups in total. The lowest BCUT2D eigenvalue weighted by molar-refractivity contribution is -0.119. The van der Waals surface area contributed by atoms with Gasteiger partial charge in [-0.25, -0.2) is 0 Å². The van der Waals surface area contributed by atoms with E-state index in [1.165, 1.54) is 0 Å². The number of nitrogens with one attached hydrogen (secondary N) is 2. The van der Waals surface area contributed by atoms with Gasteiger partial charge in [0.1, 0.15) is 0 Å². The molecular weight excluding hydrogens is 310 g/mol. The molecule has 2 rings (SSSR count). The Kier molecular flexibility index (Phi) is 6.47. The Labute approximate surface area is 142 Å². The van der Waals surface area contributed by atoms with E-state index in [4.69, 9.17) is 0 Å². The molecule has 6 heteroatoms. The lowest BCUT2D eigenvalue weighted by Crippen LogP contribution is -2.38. The molecule has 1 atom stereocenters. The summed E-state index contributed by atoms with van der Waals surface area (Å²) in [5, 5.41) is 5.94. The molecule has 1 aliphatic heterocycles. The van der Waals surface area contributed by atoms with Crippen LogP contribution in [0.1, 0.15) is 22.8 Å². The van der Waals surface area contributed by atoms with Gasteiger partial charge in [0.05, 0.1) is 0 Å². The molecule has 1 aromatic carbocycles. The van der Waals surface area contributed by atoms with Crippen molar-refractivity contribution in [1.29, 1.82) is 0 Å². The number of amides is 2. The summed E-state index contributed by atoms with van der Waals surface area (Å²) < 4.78 is 0. The van der Waals surface area contributed by atoms with Gasteiger partial charge in [0.2, 0.25) is 5.91 Å². The van der Waals surface area contributed by atoms with Gasteiger partial charge in [-0.3, -0.25) is 9.59 Å². The molecule has 1 fully saturated rings. The van der Waals surface area contributed by atoms with Crippen molar-refractivity contribution in [3.05, 3.63) is 29.3 Å². The smallest absolute Gasteiger partial charge is 0.253 e. The van der Waals surface area contributed by atoms with E-state index in [1.807, 2.05) is 49.7 Å². The van der Waals surface area contributed by atoms with Crippen LogP contribution in [0.25, 0.3) is 0 Å². The largest absolute Gasteiger partial charge is 0.337 e. The second kappa shape index (κ2) is 8.36. The van der Waals surface area contributed by atoms with Gasteiger partial charge in [0.25, 0.3) is 5.91 Å². The number of thioether (sulfide) groups is 1. The van der Waals surface area contributed by atoms with Crippen molar-refractivity contribution in [2.45, 2.75) is 13.8 Å². The molecule has 0 spiro atoms. The van der Waals surface area contributed by atoms with Crippen LogP contribution in [-0.2, 0) is 4.79 Å². The molecule has 1 saturated heterocycles. The Morgan fingerprint density at radius 3 is 2.65 bits per heavy atom. The lowest BCUT2D eigenvalue weighted by atomic mass is 10.1. The Bertz CT molecular complexity index is 571. The number of carbonyl (C=O) groups excluding carboxylic acids is 2. The summed E-state index contributed by atoms with van der Waals surface area (Å²) in [6.45, 7) is 6.01. The highest BCUT2D eigenvalue weighted by Crippen LogP contribution is 2.20. The number of aryl methyl sites for hydroxylation is 1. The molecule has 0 radical (unpaired) electrons. The normalized spacial score (nSPS) is 16.0. The third-order valence-electron chi connectivity index (χ3n) is 4.00. The van der Waals surface area contributed by atoms with Crippen LogP contribution in [0.5, 0.6) is 0 Å². The molecule has 0 saturated carbocycles. The molecule has 23 heavy (non-hydrogen) atoms. The Hall–Kier alpha value is -1.53. The lowest BCUT2D eigenvalue weighted by Gasteiger charge is -2.26. The molecule has 0 aliphatic carbocycles. The highest BCUT2D eigenvalue weighted by Gasteiger charge is 2.20. The van der Waals surface area contributed by atoms with Gasteiger partial charge >= 0.3 is 0 Å². The van der Waals surface area contributed by atoms with Crippen molar-refractivity contribution in [2.75, 3.05) is 43.5 Å². The van der Waals surface area contributed by atoms with Crippen LogP contribution in [0.4, 0.5) is 5.69 Å². The Balaban J connectivity index is 2.11. The van der Waals surface area contributed by atoms with E-state index in [0.29, 0.717) is 12.1 Å². The van der Waals surface area contributed by atoms with Crippen molar-refractivity contribution >= 4 is 29.3 Å². The monoisotopic (exact) mass is 335 g/mol. The highest BCUT2D eigenvalue weighted by atomic mass is 32.2. The SMILES string of the molecule is CNCC(C)C(=O)Nc1cc(C(=O)N2CCSCC2)ccc1C. The van der Waals surface area contributed by atoms with Crippen LogP contribution < -0.4 is 10.6 Å². The maximum absolute atomic E-state index is 12.6. The third kappa shape index (κ3) is 4.72. The summed E-state index contributed by atoms with van der Waals surface area (Å²) in [5.74, 6) is 1.86. The van der Waals surface area contributed by atoms with E-state index in [-0.39, 0.29) is 17.7 Å². The van der Waals surface area contributed by atoms with Crippen LogP contribution in [0, 0.1) is 12.8 Å². The maximum atomic E-state index is 12.6. The molecule has 1 aliphatic rings. The number of hydrogen-bond donors (Lipinski definition) is 2. The van der Waals surface area contributed by atoms with E-state index in [9.17, 15) is 9.59 Å². The second-order valence-corrected chi connectivity index (χ2v) is 7.11. The molecule has 1 unspecified atom stereocenters. The average Bonchev–Trinajstić information content (AvgIpc) is 2.57. The van der Waals surface area contributed by atoms with E-state index >= 15 is 0 Å². The maximum Gasteiger partial charge on any atom is 0.253 e. The number of carbonyl (C=O) groups is 2.